The van der Waals surface area contributed by atoms with Crippen LogP contribution in [0.4, 0.5) is 0 Å². The van der Waals surface area contributed by atoms with Crippen molar-refractivity contribution in [1.82, 2.24) is 20.1 Å². The largest absolute Gasteiger partial charge is 0.361 e. The number of rotatable bonds is 4. The quantitative estimate of drug-likeness (QED) is 0.581. The molecule has 0 saturated carbocycles. The lowest BCUT2D eigenvalue weighted by atomic mass is 9.99. The standard InChI is InChI=1S/C22H20N4O/c1-14-19-20(25-24-14)22(27)26(21(19)15-7-3-2-4-8-15)12-11-16-13-23-18-10-6-5-9-17(16)18/h2-10,13,21,23H,11-12H2,1H3,(H,24,25)/t21-/m0/s1. The van der Waals surface area contributed by atoms with Crippen LogP contribution in [0.2, 0.25) is 0 Å². The van der Waals surface area contributed by atoms with E-state index in [-0.39, 0.29) is 11.9 Å². The minimum atomic E-state index is -0.0855. The number of fused-ring (bicyclic) bond motifs is 2. The van der Waals surface area contributed by atoms with E-state index in [0.29, 0.717) is 12.2 Å². The van der Waals surface area contributed by atoms with Gasteiger partial charge in [0.25, 0.3) is 5.91 Å². The number of amides is 1. The normalized spacial score (nSPS) is 16.3. The molecule has 1 atom stereocenters. The van der Waals surface area contributed by atoms with E-state index < -0.39 is 0 Å². The van der Waals surface area contributed by atoms with Crippen LogP contribution in [0.1, 0.15) is 38.9 Å². The molecule has 27 heavy (non-hydrogen) atoms. The van der Waals surface area contributed by atoms with Crippen molar-refractivity contribution in [3.63, 3.8) is 0 Å². The van der Waals surface area contributed by atoms with E-state index >= 15 is 0 Å². The van der Waals surface area contributed by atoms with Gasteiger partial charge in [0.2, 0.25) is 0 Å². The fourth-order valence-electron chi connectivity index (χ4n) is 4.14. The lowest BCUT2D eigenvalue weighted by Gasteiger charge is -2.26. The maximum absolute atomic E-state index is 13.1. The molecular formula is C22H20N4O. The van der Waals surface area contributed by atoms with E-state index in [4.69, 9.17) is 0 Å². The Kier molecular flexibility index (Phi) is 3.60. The number of H-pyrrole nitrogens is 2. The van der Waals surface area contributed by atoms with Crippen LogP contribution in [0.3, 0.4) is 0 Å². The van der Waals surface area contributed by atoms with Gasteiger partial charge in [-0.3, -0.25) is 9.89 Å². The van der Waals surface area contributed by atoms with Gasteiger partial charge in [0.05, 0.1) is 6.04 Å². The van der Waals surface area contributed by atoms with Gasteiger partial charge in [-0.1, -0.05) is 48.5 Å². The molecule has 0 radical (unpaired) electrons. The molecular weight excluding hydrogens is 336 g/mol. The highest BCUT2D eigenvalue weighted by Crippen LogP contribution is 2.39. The van der Waals surface area contributed by atoms with Crippen molar-refractivity contribution in [2.45, 2.75) is 19.4 Å². The summed E-state index contributed by atoms with van der Waals surface area (Å²) >= 11 is 0. The van der Waals surface area contributed by atoms with Crippen LogP contribution >= 0.6 is 0 Å². The van der Waals surface area contributed by atoms with E-state index in [9.17, 15) is 4.79 Å². The van der Waals surface area contributed by atoms with E-state index in [1.54, 1.807) is 0 Å². The number of aromatic amines is 2. The molecule has 0 bridgehead atoms. The van der Waals surface area contributed by atoms with Crippen LogP contribution in [0.15, 0.2) is 60.8 Å². The van der Waals surface area contributed by atoms with E-state index in [1.807, 2.05) is 48.4 Å². The predicted octanol–water partition coefficient (Wildman–Crippen LogP) is 3.99. The molecule has 3 heterocycles. The second-order valence-corrected chi connectivity index (χ2v) is 7.03. The van der Waals surface area contributed by atoms with Gasteiger partial charge in [0, 0.05) is 34.9 Å². The maximum atomic E-state index is 13.1. The molecule has 2 aromatic heterocycles. The number of aromatic nitrogens is 3. The van der Waals surface area contributed by atoms with Crippen LogP contribution in [-0.4, -0.2) is 32.5 Å². The Balaban J connectivity index is 1.50. The lowest BCUT2D eigenvalue weighted by molar-refractivity contribution is 0.0745. The second-order valence-electron chi connectivity index (χ2n) is 7.03. The molecule has 0 spiro atoms. The predicted molar refractivity (Wildman–Crippen MR) is 105 cm³/mol. The molecule has 1 amide bonds. The molecule has 2 N–H and O–H groups in total. The zero-order valence-electron chi connectivity index (χ0n) is 15.1. The summed E-state index contributed by atoms with van der Waals surface area (Å²) in [5, 5.41) is 8.47. The van der Waals surface area contributed by atoms with Crippen molar-refractivity contribution in [2.24, 2.45) is 0 Å². The number of carbonyl (C=O) groups is 1. The number of aryl methyl sites for hydroxylation is 1. The highest BCUT2D eigenvalue weighted by molar-refractivity contribution is 5.98. The summed E-state index contributed by atoms with van der Waals surface area (Å²) in [5.74, 6) is 0.00282. The average molecular weight is 356 g/mol. The van der Waals surface area contributed by atoms with Crippen molar-refractivity contribution in [1.29, 1.82) is 0 Å². The molecule has 4 aromatic rings. The third kappa shape index (κ3) is 2.46. The molecule has 134 valence electrons. The first-order chi connectivity index (χ1) is 13.2. The molecule has 1 aliphatic heterocycles. The van der Waals surface area contributed by atoms with Crippen molar-refractivity contribution < 1.29 is 4.79 Å². The third-order valence-electron chi connectivity index (χ3n) is 5.46. The molecule has 0 saturated heterocycles. The van der Waals surface area contributed by atoms with Gasteiger partial charge in [-0.15, -0.1) is 0 Å². The van der Waals surface area contributed by atoms with Gasteiger partial charge in [0.1, 0.15) is 0 Å². The Morgan fingerprint density at radius 1 is 1.07 bits per heavy atom. The number of hydrogen-bond acceptors (Lipinski definition) is 2. The van der Waals surface area contributed by atoms with Gasteiger partial charge < -0.3 is 9.88 Å². The fraction of sp³-hybridized carbons (Fsp3) is 0.182. The first-order valence-corrected chi connectivity index (χ1v) is 9.20. The van der Waals surface area contributed by atoms with Gasteiger partial charge >= 0.3 is 0 Å². The highest BCUT2D eigenvalue weighted by Gasteiger charge is 2.41. The summed E-state index contributed by atoms with van der Waals surface area (Å²) in [6.45, 7) is 2.63. The van der Waals surface area contributed by atoms with Crippen LogP contribution in [0.25, 0.3) is 10.9 Å². The SMILES string of the molecule is Cc1[nH]nc2c1[C@H](c1ccccc1)N(CCc1c[nH]c3ccccc13)C2=O. The van der Waals surface area contributed by atoms with Crippen molar-refractivity contribution in [3.8, 4) is 0 Å². The highest BCUT2D eigenvalue weighted by atomic mass is 16.2. The smallest absolute Gasteiger partial charge is 0.275 e. The van der Waals surface area contributed by atoms with Crippen LogP contribution in [-0.2, 0) is 6.42 Å². The first-order valence-electron chi connectivity index (χ1n) is 9.20. The number of nitrogens with one attached hydrogen (secondary N) is 2. The summed E-state index contributed by atoms with van der Waals surface area (Å²) in [6.07, 6.45) is 2.85. The fourth-order valence-corrected chi connectivity index (χ4v) is 4.14. The zero-order chi connectivity index (χ0) is 18.4. The van der Waals surface area contributed by atoms with Crippen LogP contribution in [0.5, 0.6) is 0 Å². The van der Waals surface area contributed by atoms with E-state index in [2.05, 4.69) is 39.4 Å². The van der Waals surface area contributed by atoms with Gasteiger partial charge in [0.15, 0.2) is 5.69 Å². The minimum Gasteiger partial charge on any atom is -0.361 e. The summed E-state index contributed by atoms with van der Waals surface area (Å²) in [6, 6.07) is 18.4. The molecule has 0 fully saturated rings. The van der Waals surface area contributed by atoms with Crippen molar-refractivity contribution in [3.05, 3.63) is 88.9 Å². The monoisotopic (exact) mass is 356 g/mol. The van der Waals surface area contributed by atoms with Crippen molar-refractivity contribution in [2.75, 3.05) is 6.54 Å². The molecule has 5 nitrogen and oxygen atoms in total. The summed E-state index contributed by atoms with van der Waals surface area (Å²) in [5.41, 5.74) is 6.00. The zero-order valence-corrected chi connectivity index (χ0v) is 15.1. The van der Waals surface area contributed by atoms with E-state index in [1.165, 1.54) is 10.9 Å². The Morgan fingerprint density at radius 3 is 2.70 bits per heavy atom. The maximum Gasteiger partial charge on any atom is 0.275 e. The molecule has 1 aliphatic rings. The van der Waals surface area contributed by atoms with Crippen LogP contribution < -0.4 is 0 Å². The van der Waals surface area contributed by atoms with Crippen molar-refractivity contribution >= 4 is 16.8 Å². The topological polar surface area (TPSA) is 64.8 Å². The minimum absolute atomic E-state index is 0.00282. The molecule has 2 aromatic carbocycles. The molecule has 5 rings (SSSR count). The first kappa shape index (κ1) is 15.9. The summed E-state index contributed by atoms with van der Waals surface area (Å²) in [4.78, 5) is 18.3. The number of benzene rings is 2. The van der Waals surface area contributed by atoms with Gasteiger partial charge in [-0.2, -0.15) is 5.10 Å². The van der Waals surface area contributed by atoms with Crippen LogP contribution in [0, 0.1) is 6.92 Å². The van der Waals surface area contributed by atoms with Gasteiger partial charge in [-0.05, 0) is 30.5 Å². The number of hydrogen-bond donors (Lipinski definition) is 2. The number of para-hydroxylation sites is 1. The number of carbonyl (C=O) groups excluding carboxylic acids is 1. The Morgan fingerprint density at radius 2 is 1.85 bits per heavy atom. The Bertz CT molecular complexity index is 1130. The van der Waals surface area contributed by atoms with Gasteiger partial charge in [-0.25, -0.2) is 0 Å². The van der Waals surface area contributed by atoms with E-state index in [0.717, 1.165) is 28.8 Å². The lowest BCUT2D eigenvalue weighted by Crippen LogP contribution is -2.31. The average Bonchev–Trinajstić information content (AvgIpc) is 3.36. The Labute approximate surface area is 157 Å². The molecule has 0 unspecified atom stereocenters. The molecule has 5 heteroatoms. The molecule has 0 aliphatic carbocycles. The third-order valence-corrected chi connectivity index (χ3v) is 5.46. The number of nitrogens with zero attached hydrogens (tertiary/aromatic N) is 2. The summed E-state index contributed by atoms with van der Waals surface area (Å²) < 4.78 is 0. The second kappa shape index (κ2) is 6.13. The summed E-state index contributed by atoms with van der Waals surface area (Å²) in [7, 11) is 0. The Hall–Kier alpha value is -3.34.